The van der Waals surface area contributed by atoms with Crippen LogP contribution in [0.15, 0.2) is 24.3 Å². The molecule has 2 atom stereocenters. The summed E-state index contributed by atoms with van der Waals surface area (Å²) in [7, 11) is 0. The van der Waals surface area contributed by atoms with Crippen LogP contribution in [0.25, 0.3) is 0 Å². The Morgan fingerprint density at radius 1 is 1.45 bits per heavy atom. The summed E-state index contributed by atoms with van der Waals surface area (Å²) in [5.41, 5.74) is 0.435. The van der Waals surface area contributed by atoms with Crippen LogP contribution >= 0.6 is 0 Å². The van der Waals surface area contributed by atoms with Gasteiger partial charge < -0.3 is 10.4 Å². The van der Waals surface area contributed by atoms with E-state index in [1.165, 1.54) is 6.07 Å². The number of carbonyl (C=O) groups excluding carboxylic acids is 1. The minimum atomic E-state index is -0.816. The van der Waals surface area contributed by atoms with E-state index < -0.39 is 17.9 Å². The second-order valence-corrected chi connectivity index (χ2v) is 5.66. The Hall–Kier alpha value is -1.95. The summed E-state index contributed by atoms with van der Waals surface area (Å²) in [6.07, 6.45) is 1.41. The van der Waals surface area contributed by atoms with Crippen molar-refractivity contribution in [2.75, 3.05) is 13.1 Å². The Kier molecular flexibility index (Phi) is 5.49. The van der Waals surface area contributed by atoms with Gasteiger partial charge in [-0.05, 0) is 32.4 Å². The van der Waals surface area contributed by atoms with Crippen molar-refractivity contribution in [3.05, 3.63) is 35.6 Å². The highest BCUT2D eigenvalue weighted by atomic mass is 19.1. The molecule has 0 spiro atoms. The minimum absolute atomic E-state index is 0.131. The van der Waals surface area contributed by atoms with E-state index in [1.807, 2.05) is 4.90 Å². The quantitative estimate of drug-likeness (QED) is 0.867. The molecule has 22 heavy (non-hydrogen) atoms. The highest BCUT2D eigenvalue weighted by Crippen LogP contribution is 2.18. The number of carboxylic acid groups (broad SMARTS) is 1. The van der Waals surface area contributed by atoms with Crippen molar-refractivity contribution in [2.45, 2.75) is 32.4 Å². The summed E-state index contributed by atoms with van der Waals surface area (Å²) in [5.74, 6) is -1.80. The predicted molar refractivity (Wildman–Crippen MR) is 79.6 cm³/mol. The van der Waals surface area contributed by atoms with E-state index in [0.29, 0.717) is 25.1 Å². The molecule has 1 amide bonds. The van der Waals surface area contributed by atoms with Crippen LogP contribution in [0.3, 0.4) is 0 Å². The second-order valence-electron chi connectivity index (χ2n) is 5.66. The van der Waals surface area contributed by atoms with Crippen LogP contribution < -0.4 is 5.32 Å². The van der Waals surface area contributed by atoms with Crippen LogP contribution in [0.2, 0.25) is 0 Å². The fraction of sp³-hybridized carbons (Fsp3) is 0.500. The van der Waals surface area contributed by atoms with E-state index in [1.54, 1.807) is 25.1 Å². The maximum atomic E-state index is 13.5. The first-order valence-electron chi connectivity index (χ1n) is 7.47. The lowest BCUT2D eigenvalue weighted by atomic mass is 9.97. The lowest BCUT2D eigenvalue weighted by Crippen LogP contribution is -2.50. The van der Waals surface area contributed by atoms with Crippen LogP contribution in [0.4, 0.5) is 4.39 Å². The van der Waals surface area contributed by atoms with Crippen molar-refractivity contribution in [3.8, 4) is 0 Å². The molecule has 2 unspecified atom stereocenters. The smallest absolute Gasteiger partial charge is 0.307 e. The Morgan fingerprint density at radius 2 is 2.18 bits per heavy atom. The molecule has 0 aliphatic carbocycles. The van der Waals surface area contributed by atoms with Crippen molar-refractivity contribution in [1.82, 2.24) is 10.2 Å². The molecule has 0 aromatic heterocycles. The maximum absolute atomic E-state index is 13.5. The Balaban J connectivity index is 1.89. The van der Waals surface area contributed by atoms with Crippen molar-refractivity contribution in [2.24, 2.45) is 5.92 Å². The number of carbonyl (C=O) groups is 2. The molecule has 1 aliphatic rings. The minimum Gasteiger partial charge on any atom is -0.481 e. The Bertz CT molecular complexity index is 550. The SMILES string of the molecule is CC(C(=O)NCc1ccccc1F)N1CCCC(C(=O)O)C1. The molecule has 120 valence electrons. The number of halogens is 1. The molecular formula is C16H21FN2O3. The average molecular weight is 308 g/mol. The molecular weight excluding hydrogens is 287 g/mol. The summed E-state index contributed by atoms with van der Waals surface area (Å²) in [6.45, 7) is 2.97. The topological polar surface area (TPSA) is 69.6 Å². The number of aliphatic carboxylic acids is 1. The standard InChI is InChI=1S/C16H21FN2O3/c1-11(19-8-4-6-13(10-19)16(21)22)15(20)18-9-12-5-2-3-7-14(12)17/h2-3,5,7,11,13H,4,6,8-10H2,1H3,(H,18,20)(H,21,22). The molecule has 2 rings (SSSR count). The van der Waals surface area contributed by atoms with Crippen LogP contribution in [0.5, 0.6) is 0 Å². The first-order chi connectivity index (χ1) is 10.5. The summed E-state index contributed by atoms with van der Waals surface area (Å²) in [5, 5.41) is 11.8. The molecule has 1 fully saturated rings. The number of nitrogens with one attached hydrogen (secondary N) is 1. The van der Waals surface area contributed by atoms with Crippen molar-refractivity contribution in [1.29, 1.82) is 0 Å². The van der Waals surface area contributed by atoms with Crippen molar-refractivity contribution in [3.63, 3.8) is 0 Å². The van der Waals surface area contributed by atoms with Gasteiger partial charge in [0.1, 0.15) is 5.82 Å². The van der Waals surface area contributed by atoms with Gasteiger partial charge in [0.25, 0.3) is 0 Å². The zero-order chi connectivity index (χ0) is 16.1. The van der Waals surface area contributed by atoms with Gasteiger partial charge >= 0.3 is 5.97 Å². The van der Waals surface area contributed by atoms with Gasteiger partial charge in [-0.3, -0.25) is 14.5 Å². The number of likely N-dealkylation sites (tertiary alicyclic amines) is 1. The van der Waals surface area contributed by atoms with Gasteiger partial charge in [-0.1, -0.05) is 18.2 Å². The number of amides is 1. The van der Waals surface area contributed by atoms with E-state index in [0.717, 1.165) is 6.42 Å². The molecule has 1 aromatic rings. The van der Waals surface area contributed by atoms with Crippen molar-refractivity contribution < 1.29 is 19.1 Å². The maximum Gasteiger partial charge on any atom is 0.307 e. The predicted octanol–water partition coefficient (Wildman–Crippen LogP) is 1.63. The van der Waals surface area contributed by atoms with Crippen molar-refractivity contribution >= 4 is 11.9 Å². The first kappa shape index (κ1) is 16.4. The highest BCUT2D eigenvalue weighted by Gasteiger charge is 2.30. The lowest BCUT2D eigenvalue weighted by Gasteiger charge is -2.34. The fourth-order valence-corrected chi connectivity index (χ4v) is 2.70. The number of rotatable bonds is 5. The average Bonchev–Trinajstić information content (AvgIpc) is 2.53. The van der Waals surface area contributed by atoms with Crippen LogP contribution in [0.1, 0.15) is 25.3 Å². The molecule has 0 saturated carbocycles. The summed E-state index contributed by atoms with van der Waals surface area (Å²) < 4.78 is 13.5. The third-order valence-corrected chi connectivity index (χ3v) is 4.14. The monoisotopic (exact) mass is 308 g/mol. The number of piperidine rings is 1. The van der Waals surface area contributed by atoms with E-state index in [4.69, 9.17) is 5.11 Å². The van der Waals surface area contributed by atoms with E-state index >= 15 is 0 Å². The lowest BCUT2D eigenvalue weighted by molar-refractivity contribution is -0.145. The van der Waals surface area contributed by atoms with E-state index in [9.17, 15) is 14.0 Å². The molecule has 0 radical (unpaired) electrons. The Labute approximate surface area is 129 Å². The van der Waals surface area contributed by atoms with E-state index in [2.05, 4.69) is 5.32 Å². The summed E-state index contributed by atoms with van der Waals surface area (Å²) in [4.78, 5) is 25.1. The number of benzene rings is 1. The number of hydrogen-bond acceptors (Lipinski definition) is 3. The van der Waals surface area contributed by atoms with Crippen LogP contribution in [0, 0.1) is 11.7 Å². The number of carboxylic acids is 1. The first-order valence-corrected chi connectivity index (χ1v) is 7.47. The second kappa shape index (κ2) is 7.35. The van der Waals surface area contributed by atoms with Gasteiger partial charge in [-0.25, -0.2) is 4.39 Å². The van der Waals surface area contributed by atoms with Gasteiger partial charge in [-0.15, -0.1) is 0 Å². The Morgan fingerprint density at radius 3 is 2.86 bits per heavy atom. The van der Waals surface area contributed by atoms with Crippen LogP contribution in [-0.2, 0) is 16.1 Å². The largest absolute Gasteiger partial charge is 0.481 e. The third kappa shape index (κ3) is 4.04. The molecule has 1 heterocycles. The van der Waals surface area contributed by atoms with E-state index in [-0.39, 0.29) is 18.3 Å². The van der Waals surface area contributed by atoms with Gasteiger partial charge in [-0.2, -0.15) is 0 Å². The molecule has 2 N–H and O–H groups in total. The molecule has 1 saturated heterocycles. The number of nitrogens with zero attached hydrogens (tertiary/aromatic N) is 1. The van der Waals surface area contributed by atoms with Gasteiger partial charge in [0.05, 0.1) is 12.0 Å². The highest BCUT2D eigenvalue weighted by molar-refractivity contribution is 5.81. The third-order valence-electron chi connectivity index (χ3n) is 4.14. The summed E-state index contributed by atoms with van der Waals surface area (Å²) in [6, 6.07) is 5.88. The molecule has 5 nitrogen and oxygen atoms in total. The normalized spacial score (nSPS) is 20.4. The van der Waals surface area contributed by atoms with Gasteiger partial charge in [0.2, 0.25) is 5.91 Å². The number of hydrogen-bond donors (Lipinski definition) is 2. The zero-order valence-corrected chi connectivity index (χ0v) is 12.6. The fourth-order valence-electron chi connectivity index (χ4n) is 2.70. The summed E-state index contributed by atoms with van der Waals surface area (Å²) >= 11 is 0. The molecule has 1 aromatic carbocycles. The molecule has 6 heteroatoms. The van der Waals surface area contributed by atoms with Gasteiger partial charge in [0, 0.05) is 18.7 Å². The molecule has 0 bridgehead atoms. The molecule has 1 aliphatic heterocycles. The zero-order valence-electron chi connectivity index (χ0n) is 12.6. The van der Waals surface area contributed by atoms with Gasteiger partial charge in [0.15, 0.2) is 0 Å². The van der Waals surface area contributed by atoms with Crippen LogP contribution in [-0.4, -0.2) is 41.0 Å².